The fourth-order valence-corrected chi connectivity index (χ4v) is 2.77. The van der Waals surface area contributed by atoms with Gasteiger partial charge >= 0.3 is 0 Å². The van der Waals surface area contributed by atoms with Gasteiger partial charge in [0.25, 0.3) is 11.8 Å². The van der Waals surface area contributed by atoms with E-state index in [2.05, 4.69) is 30.0 Å². The Morgan fingerprint density at radius 2 is 1.45 bits per heavy atom. The molecule has 0 spiro atoms. The van der Waals surface area contributed by atoms with Gasteiger partial charge in [-0.15, -0.1) is 0 Å². The highest BCUT2D eigenvalue weighted by Crippen LogP contribution is 2.19. The zero-order valence-corrected chi connectivity index (χ0v) is 18.7. The smallest absolute Gasteiger partial charge is 0.279 e. The van der Waals surface area contributed by atoms with Crippen LogP contribution in [0.3, 0.4) is 0 Å². The molecular weight excluding hydrogens is 394 g/mol. The highest BCUT2D eigenvalue weighted by Gasteiger charge is 2.16. The molecule has 7 nitrogen and oxygen atoms in total. The molecule has 2 aromatic rings. The van der Waals surface area contributed by atoms with Gasteiger partial charge in [-0.05, 0) is 60.7 Å². The third-order valence-corrected chi connectivity index (χ3v) is 4.55. The molecule has 1 atom stereocenters. The second-order valence-corrected chi connectivity index (χ2v) is 8.15. The summed E-state index contributed by atoms with van der Waals surface area (Å²) in [6, 6.07) is 14.0. The zero-order chi connectivity index (χ0) is 23.0. The van der Waals surface area contributed by atoms with Crippen LogP contribution in [-0.2, 0) is 9.59 Å². The Hall–Kier alpha value is -3.35. The molecule has 0 saturated carbocycles. The highest BCUT2D eigenvalue weighted by atomic mass is 16.5. The first-order valence-electron chi connectivity index (χ1n) is 10.4. The number of hydrazine groups is 1. The van der Waals surface area contributed by atoms with Crippen LogP contribution in [0, 0.1) is 5.92 Å². The summed E-state index contributed by atoms with van der Waals surface area (Å²) in [5.41, 5.74) is 6.87. The first-order valence-corrected chi connectivity index (χ1v) is 10.4. The topological polar surface area (TPSA) is 96.5 Å². The highest BCUT2D eigenvalue weighted by molar-refractivity contribution is 5.97. The maximum Gasteiger partial charge on any atom is 0.279 e. The summed E-state index contributed by atoms with van der Waals surface area (Å²) in [5, 5.41) is 2.78. The summed E-state index contributed by atoms with van der Waals surface area (Å²) in [4.78, 5) is 36.3. The molecule has 31 heavy (non-hydrogen) atoms. The van der Waals surface area contributed by atoms with Crippen LogP contribution in [0.25, 0.3) is 0 Å². The Labute approximate surface area is 183 Å². The summed E-state index contributed by atoms with van der Waals surface area (Å²) in [6.45, 7) is 9.74. The zero-order valence-electron chi connectivity index (χ0n) is 18.7. The number of nitrogens with one attached hydrogen (secondary N) is 3. The Kier molecular flexibility index (Phi) is 8.61. The van der Waals surface area contributed by atoms with Crippen molar-refractivity contribution in [2.75, 3.05) is 5.32 Å². The van der Waals surface area contributed by atoms with Gasteiger partial charge in [-0.25, -0.2) is 0 Å². The molecule has 2 rings (SSSR count). The molecule has 0 aliphatic carbocycles. The normalized spacial score (nSPS) is 11.7. The number of rotatable bonds is 8. The summed E-state index contributed by atoms with van der Waals surface area (Å²) in [7, 11) is 0. The van der Waals surface area contributed by atoms with Gasteiger partial charge in [0, 0.05) is 17.7 Å². The lowest BCUT2D eigenvalue weighted by Crippen LogP contribution is -2.47. The molecule has 0 aromatic heterocycles. The predicted octanol–water partition coefficient (Wildman–Crippen LogP) is 4.02. The van der Waals surface area contributed by atoms with Crippen molar-refractivity contribution in [3.8, 4) is 5.75 Å². The fraction of sp³-hybridized carbons (Fsp3) is 0.375. The van der Waals surface area contributed by atoms with Crippen LogP contribution in [-0.4, -0.2) is 23.8 Å². The minimum atomic E-state index is -0.788. The number of benzene rings is 2. The van der Waals surface area contributed by atoms with Crippen LogP contribution in [0.1, 0.15) is 62.9 Å². The average Bonchev–Trinajstić information content (AvgIpc) is 2.72. The molecule has 0 radical (unpaired) electrons. The van der Waals surface area contributed by atoms with Gasteiger partial charge in [0.05, 0.1) is 0 Å². The molecule has 3 N–H and O–H groups in total. The van der Waals surface area contributed by atoms with Crippen LogP contribution in [0.5, 0.6) is 5.75 Å². The van der Waals surface area contributed by atoms with Gasteiger partial charge in [-0.3, -0.25) is 25.2 Å². The molecule has 0 heterocycles. The Bertz CT molecular complexity index is 890. The molecule has 0 bridgehead atoms. The van der Waals surface area contributed by atoms with Crippen LogP contribution in [0.2, 0.25) is 0 Å². The first-order chi connectivity index (χ1) is 14.7. The first kappa shape index (κ1) is 23.9. The van der Waals surface area contributed by atoms with Crippen molar-refractivity contribution in [1.29, 1.82) is 0 Å². The molecule has 0 aliphatic rings. The van der Waals surface area contributed by atoms with Gasteiger partial charge in [0.1, 0.15) is 5.75 Å². The van der Waals surface area contributed by atoms with Crippen molar-refractivity contribution in [1.82, 2.24) is 10.9 Å². The molecule has 7 heteroatoms. The quantitative estimate of drug-likeness (QED) is 0.557. The van der Waals surface area contributed by atoms with E-state index >= 15 is 0 Å². The molecule has 166 valence electrons. The van der Waals surface area contributed by atoms with Crippen molar-refractivity contribution in [2.45, 2.75) is 53.1 Å². The van der Waals surface area contributed by atoms with Crippen molar-refractivity contribution in [3.63, 3.8) is 0 Å². The van der Waals surface area contributed by atoms with E-state index in [1.54, 1.807) is 31.2 Å². The summed E-state index contributed by atoms with van der Waals surface area (Å²) < 4.78 is 5.63. The summed E-state index contributed by atoms with van der Waals surface area (Å²) in [5.74, 6) is 0.233. The number of carbonyl (C=O) groups excluding carboxylic acids is 3. The molecule has 0 fully saturated rings. The Morgan fingerprint density at radius 3 is 2.00 bits per heavy atom. The number of ether oxygens (including phenoxy) is 1. The van der Waals surface area contributed by atoms with Crippen LogP contribution in [0.15, 0.2) is 48.5 Å². The Morgan fingerprint density at radius 1 is 0.839 bits per heavy atom. The van der Waals surface area contributed by atoms with Gasteiger partial charge < -0.3 is 10.1 Å². The van der Waals surface area contributed by atoms with E-state index in [9.17, 15) is 14.4 Å². The second-order valence-electron chi connectivity index (χ2n) is 8.15. The maximum absolute atomic E-state index is 12.3. The van der Waals surface area contributed by atoms with Crippen LogP contribution >= 0.6 is 0 Å². The van der Waals surface area contributed by atoms with Crippen molar-refractivity contribution in [3.05, 3.63) is 59.7 Å². The van der Waals surface area contributed by atoms with E-state index in [1.807, 2.05) is 38.1 Å². The van der Waals surface area contributed by atoms with Gasteiger partial charge in [-0.2, -0.15) is 0 Å². The largest absolute Gasteiger partial charge is 0.481 e. The number of anilines is 1. The number of amides is 3. The second kappa shape index (κ2) is 11.2. The lowest BCUT2D eigenvalue weighted by molar-refractivity contribution is -0.128. The monoisotopic (exact) mass is 425 g/mol. The molecule has 0 unspecified atom stereocenters. The van der Waals surface area contributed by atoms with E-state index in [1.165, 1.54) is 5.56 Å². The van der Waals surface area contributed by atoms with E-state index in [4.69, 9.17) is 4.74 Å². The fourth-order valence-electron chi connectivity index (χ4n) is 2.77. The number of hydrogen-bond acceptors (Lipinski definition) is 4. The third kappa shape index (κ3) is 7.77. The minimum Gasteiger partial charge on any atom is -0.481 e. The van der Waals surface area contributed by atoms with Gasteiger partial charge in [0.2, 0.25) is 5.91 Å². The minimum absolute atomic E-state index is 0.0766. The van der Waals surface area contributed by atoms with Crippen molar-refractivity contribution in [2.24, 2.45) is 5.92 Å². The lowest BCUT2D eigenvalue weighted by Gasteiger charge is -2.16. The number of carbonyl (C=O) groups is 3. The SMILES string of the molecule is CC(C)CC(=O)Nc1ccc(C(=O)NNC(=O)[C@@H](C)Oc2ccc(C(C)C)cc2)cc1. The summed E-state index contributed by atoms with van der Waals surface area (Å²) in [6.07, 6.45) is -0.361. The standard InChI is InChI=1S/C24H31N3O4/c1-15(2)14-22(28)25-20-10-6-19(7-11-20)24(30)27-26-23(29)17(5)31-21-12-8-18(9-13-21)16(3)4/h6-13,15-17H,14H2,1-5H3,(H,25,28)(H,26,29)(H,27,30)/t17-/m1/s1. The van der Waals surface area contributed by atoms with E-state index < -0.39 is 17.9 Å². The summed E-state index contributed by atoms with van der Waals surface area (Å²) >= 11 is 0. The van der Waals surface area contributed by atoms with Crippen molar-refractivity contribution < 1.29 is 19.1 Å². The molecule has 0 aliphatic heterocycles. The molecule has 2 aromatic carbocycles. The Balaban J connectivity index is 1.82. The predicted molar refractivity (Wildman–Crippen MR) is 121 cm³/mol. The lowest BCUT2D eigenvalue weighted by atomic mass is 10.0. The van der Waals surface area contributed by atoms with Gasteiger partial charge in [0.15, 0.2) is 6.10 Å². The van der Waals surface area contributed by atoms with E-state index in [0.29, 0.717) is 29.3 Å². The maximum atomic E-state index is 12.3. The van der Waals surface area contributed by atoms with Gasteiger partial charge in [-0.1, -0.05) is 39.8 Å². The van der Waals surface area contributed by atoms with Crippen LogP contribution in [0.4, 0.5) is 5.69 Å². The average molecular weight is 426 g/mol. The molecule has 0 saturated heterocycles. The van der Waals surface area contributed by atoms with E-state index in [-0.39, 0.29) is 11.8 Å². The third-order valence-electron chi connectivity index (χ3n) is 4.55. The molecular formula is C24H31N3O4. The number of hydrogen-bond donors (Lipinski definition) is 3. The molecule has 3 amide bonds. The van der Waals surface area contributed by atoms with E-state index in [0.717, 1.165) is 0 Å². The van der Waals surface area contributed by atoms with Crippen LogP contribution < -0.4 is 20.9 Å². The van der Waals surface area contributed by atoms with Crippen molar-refractivity contribution >= 4 is 23.4 Å².